The van der Waals surface area contributed by atoms with Gasteiger partial charge in [0.25, 0.3) is 5.91 Å². The van der Waals surface area contributed by atoms with Gasteiger partial charge in [-0.3, -0.25) is 4.79 Å². The van der Waals surface area contributed by atoms with Gasteiger partial charge in [0.1, 0.15) is 0 Å². The highest BCUT2D eigenvalue weighted by molar-refractivity contribution is 9.10. The fraction of sp³-hybridized carbons (Fsp3) is 0.417. The molecule has 2 rings (SSSR count). The molecule has 1 aliphatic heterocycles. The number of carbonyl (C=O) groups is 1. The summed E-state index contributed by atoms with van der Waals surface area (Å²) in [5.74, 6) is 0.680. The van der Waals surface area contributed by atoms with E-state index in [2.05, 4.69) is 22.9 Å². The average molecular weight is 303 g/mol. The number of halogens is 2. The smallest absolute Gasteiger partial charge is 0.253 e. The summed E-state index contributed by atoms with van der Waals surface area (Å²) in [5, 5.41) is 0.588. The Balaban J connectivity index is 2.20. The zero-order chi connectivity index (χ0) is 11.7. The lowest BCUT2D eigenvalue weighted by Gasteiger charge is -2.16. The van der Waals surface area contributed by atoms with Gasteiger partial charge in [0.15, 0.2) is 0 Å². The Labute approximate surface area is 109 Å². The molecule has 0 N–H and O–H groups in total. The van der Waals surface area contributed by atoms with Gasteiger partial charge in [-0.15, -0.1) is 0 Å². The Kier molecular flexibility index (Phi) is 3.55. The Morgan fingerprint density at radius 2 is 2.25 bits per heavy atom. The van der Waals surface area contributed by atoms with Crippen molar-refractivity contribution >= 4 is 33.4 Å². The molecule has 0 aromatic heterocycles. The quantitative estimate of drug-likeness (QED) is 0.776. The first kappa shape index (κ1) is 11.9. The van der Waals surface area contributed by atoms with Crippen molar-refractivity contribution in [2.75, 3.05) is 13.1 Å². The maximum Gasteiger partial charge on any atom is 0.253 e. The molecule has 16 heavy (non-hydrogen) atoms. The third-order valence-corrected chi connectivity index (χ3v) is 3.50. The molecule has 2 nitrogen and oxygen atoms in total. The SMILES string of the molecule is CC1CCN(C(=O)c2cc(Cl)cc(Br)c2)C1. The summed E-state index contributed by atoms with van der Waals surface area (Å²) in [7, 11) is 0. The first-order valence-electron chi connectivity index (χ1n) is 5.31. The van der Waals surface area contributed by atoms with E-state index in [9.17, 15) is 4.79 Å². The van der Waals surface area contributed by atoms with Crippen LogP contribution in [0.25, 0.3) is 0 Å². The minimum Gasteiger partial charge on any atom is -0.338 e. The van der Waals surface area contributed by atoms with E-state index < -0.39 is 0 Å². The third kappa shape index (κ3) is 2.58. The molecule has 1 aromatic rings. The molecule has 1 fully saturated rings. The van der Waals surface area contributed by atoms with Gasteiger partial charge in [0.05, 0.1) is 0 Å². The second kappa shape index (κ2) is 4.76. The first-order chi connectivity index (χ1) is 7.56. The van der Waals surface area contributed by atoms with E-state index in [1.807, 2.05) is 11.0 Å². The lowest BCUT2D eigenvalue weighted by molar-refractivity contribution is 0.0788. The molecule has 1 heterocycles. The predicted molar refractivity (Wildman–Crippen MR) is 68.8 cm³/mol. The Morgan fingerprint density at radius 3 is 2.81 bits per heavy atom. The Morgan fingerprint density at radius 1 is 1.50 bits per heavy atom. The minimum absolute atomic E-state index is 0.0764. The van der Waals surface area contributed by atoms with Gasteiger partial charge < -0.3 is 4.90 Å². The van der Waals surface area contributed by atoms with Gasteiger partial charge >= 0.3 is 0 Å². The van der Waals surface area contributed by atoms with Crippen molar-refractivity contribution in [1.29, 1.82) is 0 Å². The highest BCUT2D eigenvalue weighted by Crippen LogP contribution is 2.23. The van der Waals surface area contributed by atoms with Crippen LogP contribution in [-0.4, -0.2) is 23.9 Å². The number of carbonyl (C=O) groups excluding carboxylic acids is 1. The fourth-order valence-electron chi connectivity index (χ4n) is 1.98. The van der Waals surface area contributed by atoms with Crippen molar-refractivity contribution in [2.24, 2.45) is 5.92 Å². The predicted octanol–water partition coefficient (Wildman–Crippen LogP) is 3.58. The molecule has 1 aliphatic rings. The van der Waals surface area contributed by atoms with Crippen molar-refractivity contribution in [3.63, 3.8) is 0 Å². The van der Waals surface area contributed by atoms with Gasteiger partial charge in [-0.2, -0.15) is 0 Å². The molecule has 0 radical (unpaired) electrons. The van der Waals surface area contributed by atoms with Crippen molar-refractivity contribution in [3.05, 3.63) is 33.3 Å². The van der Waals surface area contributed by atoms with Gasteiger partial charge in [-0.1, -0.05) is 34.5 Å². The van der Waals surface area contributed by atoms with E-state index >= 15 is 0 Å². The van der Waals surface area contributed by atoms with Gasteiger partial charge in [-0.05, 0) is 30.5 Å². The highest BCUT2D eigenvalue weighted by atomic mass is 79.9. The second-order valence-electron chi connectivity index (χ2n) is 4.30. The molecule has 0 saturated carbocycles. The van der Waals surface area contributed by atoms with E-state index in [0.717, 1.165) is 24.0 Å². The average Bonchev–Trinajstić information content (AvgIpc) is 2.62. The first-order valence-corrected chi connectivity index (χ1v) is 6.49. The van der Waals surface area contributed by atoms with Crippen molar-refractivity contribution in [1.82, 2.24) is 4.90 Å². The van der Waals surface area contributed by atoms with E-state index in [4.69, 9.17) is 11.6 Å². The summed E-state index contributed by atoms with van der Waals surface area (Å²) in [4.78, 5) is 14.0. The van der Waals surface area contributed by atoms with Gasteiger partial charge in [-0.25, -0.2) is 0 Å². The molecule has 1 atom stereocenters. The van der Waals surface area contributed by atoms with Crippen LogP contribution in [0, 0.1) is 5.92 Å². The second-order valence-corrected chi connectivity index (χ2v) is 5.66. The molecule has 1 unspecified atom stereocenters. The number of benzene rings is 1. The van der Waals surface area contributed by atoms with Crippen LogP contribution in [-0.2, 0) is 0 Å². The van der Waals surface area contributed by atoms with Crippen LogP contribution in [0.5, 0.6) is 0 Å². The lowest BCUT2D eigenvalue weighted by atomic mass is 10.2. The fourth-order valence-corrected chi connectivity index (χ4v) is 2.84. The summed E-state index contributed by atoms with van der Waals surface area (Å²) >= 11 is 9.28. The van der Waals surface area contributed by atoms with Gasteiger partial charge in [0, 0.05) is 28.1 Å². The van der Waals surface area contributed by atoms with Crippen LogP contribution in [0.15, 0.2) is 22.7 Å². The molecule has 1 saturated heterocycles. The molecule has 0 bridgehead atoms. The maximum atomic E-state index is 12.1. The van der Waals surface area contributed by atoms with Crippen LogP contribution in [0.2, 0.25) is 5.02 Å². The topological polar surface area (TPSA) is 20.3 Å². The monoisotopic (exact) mass is 301 g/mol. The van der Waals surface area contributed by atoms with E-state index in [-0.39, 0.29) is 5.91 Å². The minimum atomic E-state index is 0.0764. The number of amides is 1. The van der Waals surface area contributed by atoms with Crippen LogP contribution in [0.3, 0.4) is 0 Å². The Hall–Kier alpha value is -0.540. The number of nitrogens with zero attached hydrogens (tertiary/aromatic N) is 1. The van der Waals surface area contributed by atoms with E-state index in [0.29, 0.717) is 16.5 Å². The molecule has 86 valence electrons. The van der Waals surface area contributed by atoms with E-state index in [1.54, 1.807) is 12.1 Å². The van der Waals surface area contributed by atoms with Crippen LogP contribution >= 0.6 is 27.5 Å². The largest absolute Gasteiger partial charge is 0.338 e. The molecule has 1 aromatic carbocycles. The van der Waals surface area contributed by atoms with Crippen LogP contribution in [0.4, 0.5) is 0 Å². The molecular weight excluding hydrogens is 289 g/mol. The molecule has 0 spiro atoms. The van der Waals surface area contributed by atoms with Crippen LogP contribution < -0.4 is 0 Å². The van der Waals surface area contributed by atoms with Crippen molar-refractivity contribution < 1.29 is 4.79 Å². The number of hydrogen-bond acceptors (Lipinski definition) is 1. The van der Waals surface area contributed by atoms with Crippen molar-refractivity contribution in [2.45, 2.75) is 13.3 Å². The summed E-state index contributed by atoms with van der Waals surface area (Å²) < 4.78 is 0.843. The summed E-state index contributed by atoms with van der Waals surface area (Å²) in [5.41, 5.74) is 0.661. The number of hydrogen-bond donors (Lipinski definition) is 0. The van der Waals surface area contributed by atoms with Crippen molar-refractivity contribution in [3.8, 4) is 0 Å². The normalized spacial score (nSPS) is 20.2. The van der Waals surface area contributed by atoms with Gasteiger partial charge in [0.2, 0.25) is 0 Å². The standard InChI is InChI=1S/C12H13BrClNO/c1-8-2-3-15(7-8)12(16)9-4-10(13)6-11(14)5-9/h4-6,8H,2-3,7H2,1H3. The van der Waals surface area contributed by atoms with Crippen LogP contribution in [0.1, 0.15) is 23.7 Å². The van der Waals surface area contributed by atoms with E-state index in [1.165, 1.54) is 0 Å². The summed E-state index contributed by atoms with van der Waals surface area (Å²) in [6.07, 6.45) is 1.09. The number of rotatable bonds is 1. The molecule has 4 heteroatoms. The summed E-state index contributed by atoms with van der Waals surface area (Å²) in [6, 6.07) is 5.32. The molecular formula is C12H13BrClNO. The molecule has 1 amide bonds. The number of likely N-dealkylation sites (tertiary alicyclic amines) is 1. The zero-order valence-corrected chi connectivity index (χ0v) is 11.4. The molecule has 0 aliphatic carbocycles. The maximum absolute atomic E-state index is 12.1. The Bertz CT molecular complexity index is 401. The highest BCUT2D eigenvalue weighted by Gasteiger charge is 2.24. The lowest BCUT2D eigenvalue weighted by Crippen LogP contribution is -2.28. The third-order valence-electron chi connectivity index (χ3n) is 2.82. The summed E-state index contributed by atoms with van der Waals surface area (Å²) in [6.45, 7) is 3.87. The zero-order valence-electron chi connectivity index (χ0n) is 9.04.